The first-order valence-electron chi connectivity index (χ1n) is 8.38. The van der Waals surface area contributed by atoms with Crippen LogP contribution in [0, 0.1) is 5.92 Å². The molecule has 1 aliphatic carbocycles. The molecule has 1 saturated carbocycles. The summed E-state index contributed by atoms with van der Waals surface area (Å²) < 4.78 is 1.08. The lowest BCUT2D eigenvalue weighted by atomic mass is 9.86. The van der Waals surface area contributed by atoms with Crippen molar-refractivity contribution >= 4 is 21.8 Å². The number of rotatable bonds is 6. The largest absolute Gasteiger partial charge is 0.352 e. The van der Waals surface area contributed by atoms with E-state index < -0.39 is 0 Å². The Morgan fingerprint density at radius 1 is 1.27 bits per heavy atom. The Labute approximate surface area is 142 Å². The highest BCUT2D eigenvalue weighted by molar-refractivity contribution is 9.10. The smallest absolute Gasteiger partial charge is 0.234 e. The Kier molecular flexibility index (Phi) is 6.90. The molecule has 0 saturated heterocycles. The van der Waals surface area contributed by atoms with E-state index in [4.69, 9.17) is 0 Å². The molecule has 1 aromatic rings. The summed E-state index contributed by atoms with van der Waals surface area (Å²) >= 11 is 3.46. The first kappa shape index (κ1) is 17.5. The molecule has 22 heavy (non-hydrogen) atoms. The van der Waals surface area contributed by atoms with Gasteiger partial charge in [-0.2, -0.15) is 0 Å². The van der Waals surface area contributed by atoms with Gasteiger partial charge in [-0.3, -0.25) is 4.79 Å². The molecule has 0 spiro atoms. The fourth-order valence-corrected chi connectivity index (χ4v) is 3.46. The highest BCUT2D eigenvalue weighted by Gasteiger charge is 2.22. The molecule has 1 aliphatic rings. The molecule has 0 unspecified atom stereocenters. The van der Waals surface area contributed by atoms with Crippen molar-refractivity contribution in [3.63, 3.8) is 0 Å². The minimum absolute atomic E-state index is 0.120. The van der Waals surface area contributed by atoms with Crippen LogP contribution < -0.4 is 10.6 Å². The van der Waals surface area contributed by atoms with Gasteiger partial charge in [-0.1, -0.05) is 54.8 Å². The van der Waals surface area contributed by atoms with Gasteiger partial charge in [-0.15, -0.1) is 0 Å². The lowest BCUT2D eigenvalue weighted by Crippen LogP contribution is -2.45. The van der Waals surface area contributed by atoms with E-state index in [0.717, 1.165) is 17.3 Å². The SMILES string of the molecule is CC[C@@H](NCC(=O)N[C@@H]1CCCC[C@@H]1C)c1ccc(Br)cc1. The van der Waals surface area contributed by atoms with Gasteiger partial charge in [0.1, 0.15) is 0 Å². The Morgan fingerprint density at radius 3 is 2.59 bits per heavy atom. The zero-order valence-corrected chi connectivity index (χ0v) is 15.2. The average Bonchev–Trinajstić information content (AvgIpc) is 2.52. The number of halogens is 1. The summed E-state index contributed by atoms with van der Waals surface area (Å²) in [5.41, 5.74) is 1.23. The highest BCUT2D eigenvalue weighted by Crippen LogP contribution is 2.23. The van der Waals surface area contributed by atoms with Crippen molar-refractivity contribution in [2.75, 3.05) is 6.54 Å². The van der Waals surface area contributed by atoms with Gasteiger partial charge < -0.3 is 10.6 Å². The summed E-state index contributed by atoms with van der Waals surface area (Å²) in [7, 11) is 0. The van der Waals surface area contributed by atoms with Gasteiger partial charge in [-0.05, 0) is 42.9 Å². The number of amides is 1. The van der Waals surface area contributed by atoms with Crippen LogP contribution in [0.25, 0.3) is 0 Å². The van der Waals surface area contributed by atoms with Gasteiger partial charge in [0.2, 0.25) is 5.91 Å². The average molecular weight is 367 g/mol. The van der Waals surface area contributed by atoms with E-state index in [9.17, 15) is 4.79 Å². The minimum Gasteiger partial charge on any atom is -0.352 e. The normalized spacial score (nSPS) is 23.0. The van der Waals surface area contributed by atoms with Crippen LogP contribution in [0.1, 0.15) is 57.6 Å². The molecular weight excluding hydrogens is 340 g/mol. The van der Waals surface area contributed by atoms with Gasteiger partial charge in [0, 0.05) is 16.6 Å². The molecule has 0 aromatic heterocycles. The lowest BCUT2D eigenvalue weighted by Gasteiger charge is -2.29. The first-order chi connectivity index (χ1) is 10.6. The molecule has 0 bridgehead atoms. The van der Waals surface area contributed by atoms with Gasteiger partial charge >= 0.3 is 0 Å². The maximum atomic E-state index is 12.2. The molecule has 0 radical (unpaired) electrons. The van der Waals surface area contributed by atoms with Crippen LogP contribution in [0.4, 0.5) is 0 Å². The van der Waals surface area contributed by atoms with Crippen LogP contribution in [-0.4, -0.2) is 18.5 Å². The molecule has 2 rings (SSSR count). The summed E-state index contributed by atoms with van der Waals surface area (Å²) in [4.78, 5) is 12.2. The lowest BCUT2D eigenvalue weighted by molar-refractivity contribution is -0.121. The molecule has 0 aliphatic heterocycles. The number of carbonyl (C=O) groups is 1. The summed E-state index contributed by atoms with van der Waals surface area (Å²) in [5.74, 6) is 0.723. The van der Waals surface area contributed by atoms with Crippen LogP contribution in [0.2, 0.25) is 0 Å². The molecule has 122 valence electrons. The molecule has 2 N–H and O–H groups in total. The van der Waals surface area contributed by atoms with E-state index in [-0.39, 0.29) is 11.9 Å². The summed E-state index contributed by atoms with van der Waals surface area (Å²) in [6.45, 7) is 4.77. The number of hydrogen-bond donors (Lipinski definition) is 2. The third-order valence-corrected chi connectivity index (χ3v) is 5.18. The van der Waals surface area contributed by atoms with Crippen LogP contribution in [-0.2, 0) is 4.79 Å². The second-order valence-corrected chi connectivity index (χ2v) is 7.24. The highest BCUT2D eigenvalue weighted by atomic mass is 79.9. The molecule has 3 nitrogen and oxygen atoms in total. The summed E-state index contributed by atoms with van der Waals surface area (Å²) in [6, 6.07) is 8.88. The van der Waals surface area contributed by atoms with Crippen molar-refractivity contribution in [3.8, 4) is 0 Å². The third-order valence-electron chi connectivity index (χ3n) is 4.65. The Hall–Kier alpha value is -0.870. The van der Waals surface area contributed by atoms with Gasteiger partial charge in [0.25, 0.3) is 0 Å². The van der Waals surface area contributed by atoms with E-state index in [1.165, 1.54) is 24.8 Å². The van der Waals surface area contributed by atoms with Crippen molar-refractivity contribution in [1.29, 1.82) is 0 Å². The molecule has 1 amide bonds. The number of hydrogen-bond acceptors (Lipinski definition) is 2. The van der Waals surface area contributed by atoms with E-state index in [1.807, 2.05) is 12.1 Å². The predicted molar refractivity (Wildman–Crippen MR) is 94.7 cm³/mol. The van der Waals surface area contributed by atoms with E-state index >= 15 is 0 Å². The molecule has 1 aromatic carbocycles. The second kappa shape index (κ2) is 8.68. The predicted octanol–water partition coefficient (Wildman–Crippen LogP) is 4.18. The van der Waals surface area contributed by atoms with Crippen LogP contribution >= 0.6 is 15.9 Å². The van der Waals surface area contributed by atoms with E-state index in [1.54, 1.807) is 0 Å². The fraction of sp³-hybridized carbons (Fsp3) is 0.611. The van der Waals surface area contributed by atoms with Crippen molar-refractivity contribution in [2.45, 2.75) is 58.0 Å². The van der Waals surface area contributed by atoms with Crippen LogP contribution in [0.3, 0.4) is 0 Å². The molecule has 0 heterocycles. The van der Waals surface area contributed by atoms with Gasteiger partial charge in [0.15, 0.2) is 0 Å². The summed E-state index contributed by atoms with van der Waals surface area (Å²) in [5, 5.41) is 6.58. The van der Waals surface area contributed by atoms with Crippen molar-refractivity contribution in [1.82, 2.24) is 10.6 Å². The zero-order chi connectivity index (χ0) is 15.9. The van der Waals surface area contributed by atoms with E-state index in [0.29, 0.717) is 18.5 Å². The molecule has 3 atom stereocenters. The minimum atomic E-state index is 0.120. The topological polar surface area (TPSA) is 41.1 Å². The number of benzene rings is 1. The Balaban J connectivity index is 1.82. The van der Waals surface area contributed by atoms with Crippen LogP contribution in [0.15, 0.2) is 28.7 Å². The maximum absolute atomic E-state index is 12.2. The first-order valence-corrected chi connectivity index (χ1v) is 9.17. The molecular formula is C18H27BrN2O. The maximum Gasteiger partial charge on any atom is 0.234 e. The molecule has 1 fully saturated rings. The standard InChI is InChI=1S/C18H27BrN2O/c1-3-16(14-8-10-15(19)11-9-14)20-12-18(22)21-17-7-5-4-6-13(17)2/h8-11,13,16-17,20H,3-7,12H2,1-2H3,(H,21,22)/t13-,16+,17+/m0/s1. The van der Waals surface area contributed by atoms with Crippen molar-refractivity contribution in [3.05, 3.63) is 34.3 Å². The molecule has 4 heteroatoms. The third kappa shape index (κ3) is 5.10. The Morgan fingerprint density at radius 2 is 1.95 bits per heavy atom. The Bertz CT molecular complexity index is 474. The van der Waals surface area contributed by atoms with Crippen LogP contribution in [0.5, 0.6) is 0 Å². The monoisotopic (exact) mass is 366 g/mol. The van der Waals surface area contributed by atoms with Gasteiger partial charge in [0.05, 0.1) is 6.54 Å². The van der Waals surface area contributed by atoms with Gasteiger partial charge in [-0.25, -0.2) is 0 Å². The summed E-state index contributed by atoms with van der Waals surface area (Å²) in [6.07, 6.45) is 5.85. The quantitative estimate of drug-likeness (QED) is 0.792. The number of carbonyl (C=O) groups excluding carboxylic acids is 1. The number of nitrogens with one attached hydrogen (secondary N) is 2. The van der Waals surface area contributed by atoms with E-state index in [2.05, 4.69) is 52.5 Å². The van der Waals surface area contributed by atoms with Crippen molar-refractivity contribution in [2.24, 2.45) is 5.92 Å². The zero-order valence-electron chi connectivity index (χ0n) is 13.6. The second-order valence-electron chi connectivity index (χ2n) is 6.33. The fourth-order valence-electron chi connectivity index (χ4n) is 3.20. The van der Waals surface area contributed by atoms with Crippen molar-refractivity contribution < 1.29 is 4.79 Å².